The number of hydrogen-bond acceptors (Lipinski definition) is 18. The smallest absolute Gasteiger partial charge is 0.338 e. The number of benzene rings is 1. The summed E-state index contributed by atoms with van der Waals surface area (Å²) < 4.78 is 39.3. The molecule has 9 N–H and O–H groups in total. The molecule has 4 aliphatic heterocycles. The molecule has 0 saturated carbocycles. The summed E-state index contributed by atoms with van der Waals surface area (Å²) in [5, 5.41) is 90.8. The van der Waals surface area contributed by atoms with E-state index in [-0.39, 0.29) is 40.0 Å². The van der Waals surface area contributed by atoms with Gasteiger partial charge in [0.05, 0.1) is 30.6 Å². The van der Waals surface area contributed by atoms with E-state index in [0.717, 1.165) is 12.3 Å². The second-order valence-corrected chi connectivity index (χ2v) is 12.5. The van der Waals surface area contributed by atoms with E-state index in [0.29, 0.717) is 0 Å². The Bertz CT molecular complexity index is 1690. The zero-order valence-corrected chi connectivity index (χ0v) is 26.4. The maximum atomic E-state index is 13.9. The molecule has 0 aliphatic carbocycles. The summed E-state index contributed by atoms with van der Waals surface area (Å²) in [4.78, 5) is 27.1. The van der Waals surface area contributed by atoms with Crippen LogP contribution in [0.2, 0.25) is 0 Å². The summed E-state index contributed by atoms with van der Waals surface area (Å²) in [6.07, 6.45) is -15.7. The van der Waals surface area contributed by atoms with E-state index in [9.17, 15) is 55.5 Å². The highest BCUT2D eigenvalue weighted by atomic mass is 16.8. The first-order valence-electron chi connectivity index (χ1n) is 15.7. The molecule has 5 heterocycles. The number of phenolic OH excluding ortho intramolecular Hbond substituents is 1. The first-order valence-corrected chi connectivity index (χ1v) is 15.7. The van der Waals surface area contributed by atoms with E-state index in [1.807, 2.05) is 0 Å². The molecule has 0 spiro atoms. The number of ether oxygens (including phenoxy) is 6. The fourth-order valence-corrected chi connectivity index (χ4v) is 6.70. The van der Waals surface area contributed by atoms with Crippen LogP contribution in [-0.4, -0.2) is 133 Å². The molecule has 18 nitrogen and oxygen atoms in total. The second kappa shape index (κ2) is 14.2. The van der Waals surface area contributed by atoms with Crippen LogP contribution in [0.25, 0.3) is 11.0 Å². The molecule has 1 aromatic heterocycles. The number of carbonyl (C=O) groups excluding carboxylic acids is 1. The van der Waals surface area contributed by atoms with Gasteiger partial charge in [-0.3, -0.25) is 4.79 Å². The van der Waals surface area contributed by atoms with Crippen LogP contribution in [0.15, 0.2) is 45.8 Å². The van der Waals surface area contributed by atoms with E-state index < -0.39 is 116 Å². The lowest BCUT2D eigenvalue weighted by Gasteiger charge is -2.44. The minimum absolute atomic E-state index is 0.0116. The van der Waals surface area contributed by atoms with Crippen molar-refractivity contribution in [1.82, 2.24) is 0 Å². The quantitative estimate of drug-likeness (QED) is 0.101. The first-order chi connectivity index (χ1) is 23.8. The van der Waals surface area contributed by atoms with Crippen molar-refractivity contribution in [2.24, 2.45) is 11.8 Å². The minimum Gasteiger partial charge on any atom is -0.507 e. The van der Waals surface area contributed by atoms with E-state index in [1.165, 1.54) is 19.1 Å². The van der Waals surface area contributed by atoms with Crippen molar-refractivity contribution >= 4 is 16.9 Å². The fourth-order valence-electron chi connectivity index (χ4n) is 6.70. The van der Waals surface area contributed by atoms with E-state index in [4.69, 9.17) is 32.8 Å². The number of aliphatic hydroxyl groups excluding tert-OH is 8. The molecular weight excluding hydrogens is 672 g/mol. The molecule has 3 fully saturated rings. The monoisotopic (exact) mass is 710 g/mol. The highest BCUT2D eigenvalue weighted by Crippen LogP contribution is 2.45. The van der Waals surface area contributed by atoms with Gasteiger partial charge in [-0.2, -0.15) is 0 Å². The zero-order valence-electron chi connectivity index (χ0n) is 26.4. The van der Waals surface area contributed by atoms with Crippen molar-refractivity contribution in [3.8, 4) is 11.5 Å². The normalized spacial score (nSPS) is 38.8. The number of aryl methyl sites for hydroxylation is 1. The highest BCUT2D eigenvalue weighted by Gasteiger charge is 2.50. The Morgan fingerprint density at radius 1 is 0.880 bits per heavy atom. The number of aliphatic hydroxyl groups is 8. The molecule has 3 saturated heterocycles. The molecule has 0 unspecified atom stereocenters. The van der Waals surface area contributed by atoms with Gasteiger partial charge in [-0.1, -0.05) is 6.08 Å². The number of hydrogen-bond donors (Lipinski definition) is 9. The van der Waals surface area contributed by atoms with Gasteiger partial charge >= 0.3 is 5.97 Å². The number of rotatable bonds is 8. The molecule has 50 heavy (non-hydrogen) atoms. The molecule has 0 bridgehead atoms. The number of cyclic esters (lactones) is 1. The standard InChI is InChI=1S/C32H38O18/c1-3-12-13-6-17(47-29(43)14(13)9-44-30(12)50-32-28(42)26(40)23(37)19(8-34)49-32)20-10(2)45-16-5-11(4-15(35)21(16)24(20)38)46-31-27(41)25(39)22(36)18(7-33)48-31/h3-5,9,12-13,17-19,22-23,25-28,30-37,39-42H,1,6-8H2,2H3/t12-,13+,17-,18-,19-,22-,23-,25+,26+,27-,28-,30+,31-,32+/m1/s1. The molecule has 2 aromatic rings. The van der Waals surface area contributed by atoms with Gasteiger partial charge in [0.2, 0.25) is 18.0 Å². The molecule has 6 rings (SSSR count). The van der Waals surface area contributed by atoms with Crippen LogP contribution in [0.4, 0.5) is 0 Å². The molecule has 4 aliphatic rings. The van der Waals surface area contributed by atoms with E-state index in [1.54, 1.807) is 0 Å². The fraction of sp³-hybridized carbons (Fsp3) is 0.562. The summed E-state index contributed by atoms with van der Waals surface area (Å²) in [7, 11) is 0. The van der Waals surface area contributed by atoms with Gasteiger partial charge in [0.15, 0.2) is 6.29 Å². The van der Waals surface area contributed by atoms with Gasteiger partial charge in [-0.15, -0.1) is 6.58 Å². The number of carbonyl (C=O) groups is 1. The van der Waals surface area contributed by atoms with Crippen LogP contribution >= 0.6 is 0 Å². The van der Waals surface area contributed by atoms with Crippen LogP contribution in [-0.2, 0) is 28.5 Å². The van der Waals surface area contributed by atoms with Gasteiger partial charge in [0.25, 0.3) is 0 Å². The molecular formula is C32H38O18. The summed E-state index contributed by atoms with van der Waals surface area (Å²) in [5.41, 5.74) is -0.868. The average molecular weight is 711 g/mol. The van der Waals surface area contributed by atoms with Gasteiger partial charge in [-0.25, -0.2) is 4.79 Å². The Morgan fingerprint density at radius 2 is 1.50 bits per heavy atom. The van der Waals surface area contributed by atoms with Crippen LogP contribution in [0.1, 0.15) is 23.8 Å². The van der Waals surface area contributed by atoms with Crippen molar-refractivity contribution in [2.75, 3.05) is 13.2 Å². The third-order valence-electron chi connectivity index (χ3n) is 9.44. The van der Waals surface area contributed by atoms with Crippen LogP contribution in [0, 0.1) is 18.8 Å². The van der Waals surface area contributed by atoms with Crippen LogP contribution in [0.5, 0.6) is 11.5 Å². The molecule has 14 atom stereocenters. The molecule has 1 aromatic carbocycles. The van der Waals surface area contributed by atoms with Gasteiger partial charge in [0, 0.05) is 24.0 Å². The first kappa shape index (κ1) is 36.1. The lowest BCUT2D eigenvalue weighted by Crippen LogP contribution is -2.60. The number of aromatic hydroxyl groups is 1. The van der Waals surface area contributed by atoms with Crippen LogP contribution < -0.4 is 10.2 Å². The Labute approximate surface area is 282 Å². The van der Waals surface area contributed by atoms with Crippen LogP contribution in [0.3, 0.4) is 0 Å². The Morgan fingerprint density at radius 3 is 2.12 bits per heavy atom. The summed E-state index contributed by atoms with van der Waals surface area (Å²) in [6, 6.07) is 2.25. The predicted octanol–water partition coefficient (Wildman–Crippen LogP) is -2.55. The predicted molar refractivity (Wildman–Crippen MR) is 162 cm³/mol. The topological polar surface area (TPSA) is 285 Å². The molecule has 0 radical (unpaired) electrons. The number of fused-ring (bicyclic) bond motifs is 2. The number of esters is 1. The van der Waals surface area contributed by atoms with Gasteiger partial charge in [0.1, 0.15) is 83.2 Å². The van der Waals surface area contributed by atoms with Crippen molar-refractivity contribution in [1.29, 1.82) is 0 Å². The third-order valence-corrected chi connectivity index (χ3v) is 9.44. The Hall–Kier alpha value is -3.66. The maximum absolute atomic E-state index is 13.9. The minimum atomic E-state index is -1.74. The van der Waals surface area contributed by atoms with Crippen molar-refractivity contribution in [3.63, 3.8) is 0 Å². The summed E-state index contributed by atoms with van der Waals surface area (Å²) >= 11 is 0. The third kappa shape index (κ3) is 6.26. The van der Waals surface area contributed by atoms with Crippen molar-refractivity contribution in [2.45, 2.75) is 87.2 Å². The maximum Gasteiger partial charge on any atom is 0.338 e. The van der Waals surface area contributed by atoms with Gasteiger partial charge < -0.3 is 78.8 Å². The second-order valence-electron chi connectivity index (χ2n) is 12.5. The average Bonchev–Trinajstić information content (AvgIpc) is 3.08. The van der Waals surface area contributed by atoms with Crippen molar-refractivity contribution < 1.29 is 83.6 Å². The summed E-state index contributed by atoms with van der Waals surface area (Å²) in [6.45, 7) is 3.88. The Balaban J connectivity index is 1.25. The molecule has 0 amide bonds. The van der Waals surface area contributed by atoms with E-state index >= 15 is 0 Å². The lowest BCUT2D eigenvalue weighted by molar-refractivity contribution is -0.339. The molecule has 274 valence electrons. The summed E-state index contributed by atoms with van der Waals surface area (Å²) in [5.74, 6) is -3.09. The SMILES string of the molecule is C=C[C@H]1[C@H](O[C@@H]2O[C@H](CO)[C@@H](O)[C@H](O)[C@H]2O)OC=C2C(=O)O[C@@H](c3c(C)oc4cc(O[C@@H]5O[C@H](CO)[C@@H](O)[C@H](O)[C@H]5O)cc(O)c4c3=O)C[C@H]21. The number of phenols is 1. The largest absolute Gasteiger partial charge is 0.507 e. The highest BCUT2D eigenvalue weighted by molar-refractivity contribution is 5.90. The van der Waals surface area contributed by atoms with Gasteiger partial charge in [-0.05, 0) is 13.3 Å². The lowest BCUT2D eigenvalue weighted by atomic mass is 9.77. The molecule has 18 heteroatoms. The zero-order chi connectivity index (χ0) is 36.2. The Kier molecular flexibility index (Phi) is 10.2. The van der Waals surface area contributed by atoms with E-state index in [2.05, 4.69) is 6.58 Å². The van der Waals surface area contributed by atoms with Crippen molar-refractivity contribution in [3.05, 3.63) is 58.2 Å².